The molecule has 0 bridgehead atoms. The van der Waals surface area contributed by atoms with E-state index in [-0.39, 0.29) is 5.91 Å². The summed E-state index contributed by atoms with van der Waals surface area (Å²) < 4.78 is 1.05. The second-order valence-electron chi connectivity index (χ2n) is 4.49. The molecule has 1 amide bonds. The second kappa shape index (κ2) is 5.50. The number of nitrogens with one attached hydrogen (secondary N) is 1. The molecule has 0 aliphatic rings. The number of benzene rings is 2. The van der Waals surface area contributed by atoms with Gasteiger partial charge < -0.3 is 10.2 Å². The number of fused-ring (bicyclic) bond motifs is 1. The molecule has 2 aromatic rings. The predicted octanol–water partition coefficient (Wildman–Crippen LogP) is 3.10. The number of nitrogens with zero attached hydrogens (tertiary/aromatic N) is 1. The van der Waals surface area contributed by atoms with Gasteiger partial charge in [0.2, 0.25) is 5.91 Å². The van der Waals surface area contributed by atoms with Crippen molar-refractivity contribution in [2.45, 2.75) is 0 Å². The predicted molar refractivity (Wildman–Crippen MR) is 78.8 cm³/mol. The minimum atomic E-state index is -0.00328. The number of anilines is 1. The van der Waals surface area contributed by atoms with Gasteiger partial charge in [0.15, 0.2) is 0 Å². The van der Waals surface area contributed by atoms with Crippen molar-refractivity contribution >= 4 is 38.3 Å². The lowest BCUT2D eigenvalue weighted by Gasteiger charge is -2.10. The third-order valence-corrected chi connectivity index (χ3v) is 3.04. The number of hydrogen-bond acceptors (Lipinski definition) is 2. The summed E-state index contributed by atoms with van der Waals surface area (Å²) in [5, 5.41) is 5.15. The normalized spacial score (nSPS) is 10.9. The maximum absolute atomic E-state index is 11.7. The minimum absolute atomic E-state index is 0.00328. The number of halogens is 1. The Morgan fingerprint density at radius 2 is 1.83 bits per heavy atom. The first kappa shape index (κ1) is 13.1. The van der Waals surface area contributed by atoms with E-state index in [9.17, 15) is 4.79 Å². The Morgan fingerprint density at radius 3 is 2.56 bits per heavy atom. The van der Waals surface area contributed by atoms with Gasteiger partial charge in [-0.15, -0.1) is 0 Å². The van der Waals surface area contributed by atoms with Crippen LogP contribution in [0.2, 0.25) is 0 Å². The van der Waals surface area contributed by atoms with Gasteiger partial charge in [-0.1, -0.05) is 28.1 Å². The Kier molecular flexibility index (Phi) is 3.99. The molecular formula is C14H15BrN2O. The van der Waals surface area contributed by atoms with Gasteiger partial charge in [-0.05, 0) is 49.1 Å². The Hall–Kier alpha value is -1.39. The van der Waals surface area contributed by atoms with Crippen molar-refractivity contribution in [3.8, 4) is 0 Å². The van der Waals surface area contributed by atoms with Crippen LogP contribution in [0.5, 0.6) is 0 Å². The van der Waals surface area contributed by atoms with Crippen LogP contribution in [-0.2, 0) is 4.79 Å². The molecule has 0 aromatic heterocycles. The van der Waals surface area contributed by atoms with Crippen LogP contribution in [-0.4, -0.2) is 31.4 Å². The average Bonchev–Trinajstić information content (AvgIpc) is 2.28. The highest BCUT2D eigenvalue weighted by Crippen LogP contribution is 2.22. The van der Waals surface area contributed by atoms with E-state index in [0.29, 0.717) is 6.54 Å². The first-order valence-corrected chi connectivity index (χ1v) is 6.48. The van der Waals surface area contributed by atoms with Crippen molar-refractivity contribution in [1.29, 1.82) is 0 Å². The molecule has 0 saturated heterocycles. The lowest BCUT2D eigenvalue weighted by molar-refractivity contribution is -0.116. The van der Waals surface area contributed by atoms with Crippen LogP contribution in [0.25, 0.3) is 10.8 Å². The Balaban J connectivity index is 2.20. The summed E-state index contributed by atoms with van der Waals surface area (Å²) in [5.74, 6) is -0.00328. The van der Waals surface area contributed by atoms with E-state index in [1.807, 2.05) is 49.3 Å². The lowest BCUT2D eigenvalue weighted by atomic mass is 10.1. The highest BCUT2D eigenvalue weighted by molar-refractivity contribution is 9.10. The molecule has 4 heteroatoms. The smallest absolute Gasteiger partial charge is 0.238 e. The van der Waals surface area contributed by atoms with Crippen LogP contribution >= 0.6 is 15.9 Å². The maximum atomic E-state index is 11.7. The van der Waals surface area contributed by atoms with Gasteiger partial charge in [-0.3, -0.25) is 4.79 Å². The zero-order valence-corrected chi connectivity index (χ0v) is 12.0. The Labute approximate surface area is 115 Å². The fraction of sp³-hybridized carbons (Fsp3) is 0.214. The van der Waals surface area contributed by atoms with Crippen molar-refractivity contribution in [3.05, 3.63) is 40.9 Å². The zero-order valence-electron chi connectivity index (χ0n) is 10.4. The molecule has 0 saturated carbocycles. The van der Waals surface area contributed by atoms with Crippen LogP contribution < -0.4 is 5.32 Å². The molecule has 2 rings (SSSR count). The van der Waals surface area contributed by atoms with Crippen molar-refractivity contribution in [1.82, 2.24) is 4.90 Å². The Bertz CT molecular complexity index is 581. The van der Waals surface area contributed by atoms with E-state index in [2.05, 4.69) is 27.3 Å². The molecule has 0 unspecified atom stereocenters. The molecule has 94 valence electrons. The topological polar surface area (TPSA) is 32.3 Å². The van der Waals surface area contributed by atoms with Crippen LogP contribution in [0.4, 0.5) is 5.69 Å². The summed E-state index contributed by atoms with van der Waals surface area (Å²) in [6.07, 6.45) is 0. The molecule has 0 radical (unpaired) electrons. The monoisotopic (exact) mass is 306 g/mol. The van der Waals surface area contributed by atoms with Gasteiger partial charge in [0, 0.05) is 10.2 Å². The van der Waals surface area contributed by atoms with Crippen molar-refractivity contribution in [3.63, 3.8) is 0 Å². The lowest BCUT2D eigenvalue weighted by Crippen LogP contribution is -2.27. The Morgan fingerprint density at radius 1 is 1.17 bits per heavy atom. The van der Waals surface area contributed by atoms with Gasteiger partial charge in [0.1, 0.15) is 0 Å². The molecule has 18 heavy (non-hydrogen) atoms. The molecule has 2 aromatic carbocycles. The van der Waals surface area contributed by atoms with Crippen molar-refractivity contribution < 1.29 is 4.79 Å². The van der Waals surface area contributed by atoms with Crippen molar-refractivity contribution in [2.24, 2.45) is 0 Å². The summed E-state index contributed by atoms with van der Waals surface area (Å²) in [7, 11) is 3.75. The van der Waals surface area contributed by atoms with Gasteiger partial charge in [0.05, 0.1) is 6.54 Å². The van der Waals surface area contributed by atoms with Crippen LogP contribution in [0.1, 0.15) is 0 Å². The van der Waals surface area contributed by atoms with Crippen LogP contribution in [0.3, 0.4) is 0 Å². The molecule has 0 heterocycles. The number of likely N-dealkylation sites (N-methyl/N-ethyl adjacent to an activating group) is 1. The number of amides is 1. The van der Waals surface area contributed by atoms with Crippen molar-refractivity contribution in [2.75, 3.05) is 26.0 Å². The number of rotatable bonds is 3. The van der Waals surface area contributed by atoms with E-state index in [4.69, 9.17) is 0 Å². The molecule has 0 fully saturated rings. The second-order valence-corrected chi connectivity index (χ2v) is 5.41. The highest BCUT2D eigenvalue weighted by Gasteiger charge is 2.04. The highest BCUT2D eigenvalue weighted by atomic mass is 79.9. The zero-order chi connectivity index (χ0) is 13.1. The van der Waals surface area contributed by atoms with E-state index >= 15 is 0 Å². The molecule has 1 N–H and O–H groups in total. The molecular weight excluding hydrogens is 292 g/mol. The number of hydrogen-bond donors (Lipinski definition) is 1. The summed E-state index contributed by atoms with van der Waals surface area (Å²) in [4.78, 5) is 13.5. The van der Waals surface area contributed by atoms with Gasteiger partial charge in [-0.2, -0.15) is 0 Å². The minimum Gasteiger partial charge on any atom is -0.325 e. The molecule has 0 aliphatic heterocycles. The van der Waals surface area contributed by atoms with Gasteiger partial charge in [-0.25, -0.2) is 0 Å². The summed E-state index contributed by atoms with van der Waals surface area (Å²) in [6.45, 7) is 0.387. The standard InChI is InChI=1S/C14H15BrN2O/c1-17(2)9-14(18)16-13-6-4-10-7-12(15)5-3-11(10)8-13/h3-8H,9H2,1-2H3,(H,16,18). The summed E-state index contributed by atoms with van der Waals surface area (Å²) in [5.41, 5.74) is 0.830. The van der Waals surface area contributed by atoms with E-state index in [0.717, 1.165) is 20.9 Å². The largest absolute Gasteiger partial charge is 0.325 e. The average molecular weight is 307 g/mol. The van der Waals surface area contributed by atoms with E-state index in [1.165, 1.54) is 0 Å². The van der Waals surface area contributed by atoms with Gasteiger partial charge >= 0.3 is 0 Å². The third-order valence-electron chi connectivity index (χ3n) is 2.55. The maximum Gasteiger partial charge on any atom is 0.238 e. The fourth-order valence-corrected chi connectivity index (χ4v) is 2.16. The summed E-state index contributed by atoms with van der Waals surface area (Å²) in [6, 6.07) is 12.0. The first-order chi connectivity index (χ1) is 8.54. The quantitative estimate of drug-likeness (QED) is 0.945. The summed E-state index contributed by atoms with van der Waals surface area (Å²) >= 11 is 3.44. The SMILES string of the molecule is CN(C)CC(=O)Nc1ccc2cc(Br)ccc2c1. The molecule has 0 spiro atoms. The van der Waals surface area contributed by atoms with E-state index in [1.54, 1.807) is 0 Å². The third kappa shape index (κ3) is 3.31. The molecule has 0 aliphatic carbocycles. The van der Waals surface area contributed by atoms with Crippen LogP contribution in [0, 0.1) is 0 Å². The molecule has 0 atom stereocenters. The van der Waals surface area contributed by atoms with Crippen LogP contribution in [0.15, 0.2) is 40.9 Å². The first-order valence-electron chi connectivity index (χ1n) is 5.68. The van der Waals surface area contributed by atoms with Gasteiger partial charge in [0.25, 0.3) is 0 Å². The fourth-order valence-electron chi connectivity index (χ4n) is 1.78. The number of carbonyl (C=O) groups is 1. The van der Waals surface area contributed by atoms with E-state index < -0.39 is 0 Å². The molecule has 3 nitrogen and oxygen atoms in total. The number of carbonyl (C=O) groups excluding carboxylic acids is 1.